The molecule has 0 atom stereocenters. The molecule has 0 aliphatic rings. The molecule has 5 rings (SSSR count). The lowest BCUT2D eigenvalue weighted by Gasteiger charge is -2.19. The maximum Gasteiger partial charge on any atom is 0.416 e. The SMILES string of the molecule is COc1ccc(CC(=O)Cc2ccc(C(=O)N(CC(=O)O)Cc3nc(-c4ccc(-c5ccc(C)cc5)cc4)no3)cc2)c(C(F)(F)F)c1. The van der Waals surface area contributed by atoms with Crippen LogP contribution in [0.15, 0.2) is 95.5 Å². The van der Waals surface area contributed by atoms with Gasteiger partial charge in [0.25, 0.3) is 5.91 Å². The number of carbonyl (C=O) groups is 3. The molecule has 246 valence electrons. The highest BCUT2D eigenvalue weighted by Gasteiger charge is 2.34. The Morgan fingerprint density at radius 3 is 2.08 bits per heavy atom. The molecule has 1 aromatic heterocycles. The minimum atomic E-state index is -4.66. The smallest absolute Gasteiger partial charge is 0.416 e. The Labute approximate surface area is 273 Å². The molecule has 48 heavy (non-hydrogen) atoms. The van der Waals surface area contributed by atoms with Gasteiger partial charge in [-0.25, -0.2) is 0 Å². The number of alkyl halides is 3. The largest absolute Gasteiger partial charge is 0.497 e. The van der Waals surface area contributed by atoms with Crippen molar-refractivity contribution in [1.82, 2.24) is 15.0 Å². The zero-order valence-electron chi connectivity index (χ0n) is 26.0. The van der Waals surface area contributed by atoms with Gasteiger partial charge in [-0.15, -0.1) is 0 Å². The van der Waals surface area contributed by atoms with Crippen molar-refractivity contribution in [2.45, 2.75) is 32.5 Å². The maximum atomic E-state index is 13.5. The van der Waals surface area contributed by atoms with E-state index >= 15 is 0 Å². The molecule has 0 fully saturated rings. The van der Waals surface area contributed by atoms with Gasteiger partial charge in [0.15, 0.2) is 0 Å². The number of halogens is 3. The van der Waals surface area contributed by atoms with E-state index in [2.05, 4.69) is 10.1 Å². The minimum Gasteiger partial charge on any atom is -0.497 e. The van der Waals surface area contributed by atoms with Crippen molar-refractivity contribution in [2.24, 2.45) is 0 Å². The first-order valence-electron chi connectivity index (χ1n) is 14.8. The van der Waals surface area contributed by atoms with Crippen LogP contribution in [-0.2, 0) is 35.2 Å². The van der Waals surface area contributed by atoms with E-state index in [1.54, 1.807) is 0 Å². The van der Waals surface area contributed by atoms with Gasteiger partial charge in [-0.2, -0.15) is 18.2 Å². The number of carboxylic acid groups (broad SMARTS) is 1. The first-order valence-corrected chi connectivity index (χ1v) is 14.8. The van der Waals surface area contributed by atoms with Crippen LogP contribution >= 0.6 is 0 Å². The number of carbonyl (C=O) groups excluding carboxylic acids is 2. The highest BCUT2D eigenvalue weighted by molar-refractivity contribution is 5.96. The fourth-order valence-corrected chi connectivity index (χ4v) is 5.07. The topological polar surface area (TPSA) is 123 Å². The monoisotopic (exact) mass is 657 g/mol. The van der Waals surface area contributed by atoms with Crippen LogP contribution in [0, 0.1) is 6.92 Å². The summed E-state index contributed by atoms with van der Waals surface area (Å²) < 4.78 is 50.9. The van der Waals surface area contributed by atoms with Crippen LogP contribution in [0.2, 0.25) is 0 Å². The van der Waals surface area contributed by atoms with Crippen molar-refractivity contribution in [3.05, 3.63) is 125 Å². The van der Waals surface area contributed by atoms with E-state index in [-0.39, 0.29) is 41.6 Å². The second-order valence-electron chi connectivity index (χ2n) is 11.1. The molecule has 9 nitrogen and oxygen atoms in total. The normalized spacial score (nSPS) is 11.3. The van der Waals surface area contributed by atoms with Crippen LogP contribution in [0.25, 0.3) is 22.5 Å². The average Bonchev–Trinajstić information content (AvgIpc) is 3.53. The Bertz CT molecular complexity index is 1920. The van der Waals surface area contributed by atoms with Crippen LogP contribution in [0.3, 0.4) is 0 Å². The van der Waals surface area contributed by atoms with Gasteiger partial charge >= 0.3 is 12.1 Å². The van der Waals surface area contributed by atoms with E-state index in [1.165, 1.54) is 43.5 Å². The zero-order chi connectivity index (χ0) is 34.4. The lowest BCUT2D eigenvalue weighted by molar-refractivity contribution is -0.139. The third kappa shape index (κ3) is 8.32. The molecule has 0 aliphatic carbocycles. The number of amides is 1. The number of Topliss-reactive ketones (excluding diaryl/α,β-unsaturated/α-hetero) is 1. The average molecular weight is 658 g/mol. The summed E-state index contributed by atoms with van der Waals surface area (Å²) in [6.07, 6.45) is -5.29. The van der Waals surface area contributed by atoms with Crippen molar-refractivity contribution < 1.29 is 41.9 Å². The second kappa shape index (κ2) is 14.3. The Balaban J connectivity index is 1.24. The van der Waals surface area contributed by atoms with Crippen molar-refractivity contribution in [2.75, 3.05) is 13.7 Å². The molecule has 4 aromatic carbocycles. The molecular weight excluding hydrogens is 627 g/mol. The number of aliphatic carboxylic acids is 1. The van der Waals surface area contributed by atoms with Gasteiger partial charge in [0.2, 0.25) is 11.7 Å². The molecule has 0 radical (unpaired) electrons. The van der Waals surface area contributed by atoms with E-state index in [0.717, 1.165) is 27.7 Å². The Hall–Kier alpha value is -5.78. The molecular formula is C36H30F3N3O6. The van der Waals surface area contributed by atoms with Crippen LogP contribution in [-0.4, -0.2) is 51.5 Å². The number of rotatable bonds is 12. The summed E-state index contributed by atoms with van der Waals surface area (Å²) in [6, 6.07) is 24.9. The summed E-state index contributed by atoms with van der Waals surface area (Å²) in [4.78, 5) is 43.0. The van der Waals surface area contributed by atoms with Crippen molar-refractivity contribution in [3.8, 4) is 28.3 Å². The quantitative estimate of drug-likeness (QED) is 0.155. The molecule has 1 amide bonds. The summed E-state index contributed by atoms with van der Waals surface area (Å²) in [7, 11) is 1.25. The molecule has 1 N–H and O–H groups in total. The number of hydrogen-bond donors (Lipinski definition) is 1. The third-order valence-electron chi connectivity index (χ3n) is 7.55. The molecule has 0 saturated carbocycles. The molecule has 0 aliphatic heterocycles. The fraction of sp³-hybridized carbons (Fsp3) is 0.194. The number of aryl methyl sites for hydroxylation is 1. The summed E-state index contributed by atoms with van der Waals surface area (Å²) in [5.41, 5.74) is 3.37. The van der Waals surface area contributed by atoms with E-state index in [9.17, 15) is 32.7 Å². The summed E-state index contributed by atoms with van der Waals surface area (Å²) in [5.74, 6) is -2.02. The maximum absolute atomic E-state index is 13.5. The number of nitrogens with zero attached hydrogens (tertiary/aromatic N) is 3. The number of ether oxygens (including phenoxy) is 1. The Morgan fingerprint density at radius 2 is 1.48 bits per heavy atom. The molecule has 0 bridgehead atoms. The molecule has 5 aromatic rings. The van der Waals surface area contributed by atoms with Crippen LogP contribution in [0.4, 0.5) is 13.2 Å². The van der Waals surface area contributed by atoms with Gasteiger partial charge in [-0.3, -0.25) is 14.4 Å². The number of aromatic nitrogens is 2. The first-order chi connectivity index (χ1) is 22.9. The lowest BCUT2D eigenvalue weighted by atomic mass is 9.97. The van der Waals surface area contributed by atoms with Crippen molar-refractivity contribution in [3.63, 3.8) is 0 Å². The summed E-state index contributed by atoms with van der Waals surface area (Å²) in [5, 5.41) is 13.5. The Kier molecular flexibility index (Phi) is 10.0. The number of benzene rings is 4. The first kappa shape index (κ1) is 33.6. The molecule has 0 spiro atoms. The predicted octanol–water partition coefficient (Wildman–Crippen LogP) is 6.82. The van der Waals surface area contributed by atoms with E-state index in [0.29, 0.717) is 11.1 Å². The molecule has 0 saturated heterocycles. The highest BCUT2D eigenvalue weighted by atomic mass is 19.4. The highest BCUT2D eigenvalue weighted by Crippen LogP contribution is 2.35. The molecule has 12 heteroatoms. The van der Waals surface area contributed by atoms with Crippen LogP contribution < -0.4 is 4.74 Å². The third-order valence-corrected chi connectivity index (χ3v) is 7.55. The van der Waals surface area contributed by atoms with E-state index < -0.39 is 42.4 Å². The van der Waals surface area contributed by atoms with Gasteiger partial charge in [0, 0.05) is 24.0 Å². The van der Waals surface area contributed by atoms with Gasteiger partial charge in [-0.05, 0) is 53.4 Å². The number of methoxy groups -OCH3 is 1. The van der Waals surface area contributed by atoms with Gasteiger partial charge in [0.05, 0.1) is 12.7 Å². The van der Waals surface area contributed by atoms with Gasteiger partial charge < -0.3 is 19.3 Å². The Morgan fingerprint density at radius 1 is 0.854 bits per heavy atom. The molecule has 0 unspecified atom stereocenters. The van der Waals surface area contributed by atoms with E-state index in [4.69, 9.17) is 9.26 Å². The number of ketones is 1. The van der Waals surface area contributed by atoms with Crippen molar-refractivity contribution >= 4 is 17.7 Å². The lowest BCUT2D eigenvalue weighted by Crippen LogP contribution is -2.35. The minimum absolute atomic E-state index is 0.0270. The van der Waals surface area contributed by atoms with Gasteiger partial charge in [0.1, 0.15) is 24.6 Å². The predicted molar refractivity (Wildman–Crippen MR) is 169 cm³/mol. The zero-order valence-corrected chi connectivity index (χ0v) is 26.0. The number of hydrogen-bond acceptors (Lipinski definition) is 7. The second-order valence-corrected chi connectivity index (χ2v) is 11.1. The van der Waals surface area contributed by atoms with Gasteiger partial charge in [-0.1, -0.05) is 77.5 Å². The fourth-order valence-electron chi connectivity index (χ4n) is 5.07. The summed E-state index contributed by atoms with van der Waals surface area (Å²) in [6.45, 7) is 1.09. The standard InChI is InChI=1S/C36H30F3N3O6/c1-22-3-7-24(8-4-22)25-11-13-26(14-12-25)34-40-32(48-41-34)20-42(21-33(44)45)35(46)27-9-5-23(6-10-27)17-29(43)18-28-15-16-30(47-2)19-31(28)36(37,38)39/h3-16,19H,17-18,20-21H2,1-2H3,(H,44,45). The van der Waals surface area contributed by atoms with Crippen LogP contribution in [0.5, 0.6) is 5.75 Å². The van der Waals surface area contributed by atoms with Crippen LogP contribution in [0.1, 0.15) is 38.5 Å². The van der Waals surface area contributed by atoms with Crippen molar-refractivity contribution in [1.29, 1.82) is 0 Å². The summed E-state index contributed by atoms with van der Waals surface area (Å²) >= 11 is 0. The number of carboxylic acids is 1. The molecule has 1 heterocycles. The van der Waals surface area contributed by atoms with E-state index in [1.807, 2.05) is 55.5 Å².